The Kier molecular flexibility index (Phi) is 6.27. The molecule has 0 aliphatic rings. The van der Waals surface area contributed by atoms with Gasteiger partial charge in [-0.15, -0.1) is 0 Å². The standard InChI is InChI=1S/C20H24ClNO2/c1-20(2,3)16-7-9-18(10-8-16)24-12-11-19(23)22-14-15-5-4-6-17(21)13-15/h4-10,13H,11-12,14H2,1-3H3,(H,22,23). The zero-order chi connectivity index (χ0) is 17.6. The van der Waals surface area contributed by atoms with Crippen LogP contribution in [0.15, 0.2) is 48.5 Å². The fraction of sp³-hybridized carbons (Fsp3) is 0.350. The minimum Gasteiger partial charge on any atom is -0.493 e. The Balaban J connectivity index is 1.72. The highest BCUT2D eigenvalue weighted by Gasteiger charge is 2.13. The van der Waals surface area contributed by atoms with Crippen LogP contribution in [-0.2, 0) is 16.8 Å². The molecule has 24 heavy (non-hydrogen) atoms. The molecule has 0 fully saturated rings. The normalized spacial score (nSPS) is 11.2. The highest BCUT2D eigenvalue weighted by molar-refractivity contribution is 6.30. The topological polar surface area (TPSA) is 38.3 Å². The highest BCUT2D eigenvalue weighted by Crippen LogP contribution is 2.24. The van der Waals surface area contributed by atoms with Crippen molar-refractivity contribution >= 4 is 17.5 Å². The molecular formula is C20H24ClNO2. The van der Waals surface area contributed by atoms with Crippen molar-refractivity contribution in [3.05, 3.63) is 64.7 Å². The van der Waals surface area contributed by atoms with Gasteiger partial charge in [-0.1, -0.05) is 56.6 Å². The van der Waals surface area contributed by atoms with E-state index >= 15 is 0 Å². The van der Waals surface area contributed by atoms with Crippen molar-refractivity contribution in [3.8, 4) is 5.75 Å². The predicted molar refractivity (Wildman–Crippen MR) is 98.6 cm³/mol. The lowest BCUT2D eigenvalue weighted by molar-refractivity contribution is -0.121. The summed E-state index contributed by atoms with van der Waals surface area (Å²) in [6.07, 6.45) is 0.321. The number of benzene rings is 2. The van der Waals surface area contributed by atoms with E-state index in [1.165, 1.54) is 5.56 Å². The van der Waals surface area contributed by atoms with E-state index in [0.29, 0.717) is 24.6 Å². The summed E-state index contributed by atoms with van der Waals surface area (Å²) in [5, 5.41) is 3.53. The van der Waals surface area contributed by atoms with Crippen LogP contribution in [-0.4, -0.2) is 12.5 Å². The molecule has 0 aliphatic carbocycles. The van der Waals surface area contributed by atoms with Gasteiger partial charge < -0.3 is 10.1 Å². The summed E-state index contributed by atoms with van der Waals surface area (Å²) in [4.78, 5) is 11.9. The van der Waals surface area contributed by atoms with Crippen LogP contribution < -0.4 is 10.1 Å². The third-order valence-corrected chi connectivity index (χ3v) is 3.93. The molecule has 1 N–H and O–H groups in total. The third-order valence-electron chi connectivity index (χ3n) is 3.70. The molecular weight excluding hydrogens is 322 g/mol. The van der Waals surface area contributed by atoms with E-state index in [4.69, 9.17) is 16.3 Å². The predicted octanol–water partition coefficient (Wildman–Crippen LogP) is 4.72. The lowest BCUT2D eigenvalue weighted by Gasteiger charge is -2.19. The van der Waals surface area contributed by atoms with E-state index < -0.39 is 0 Å². The van der Waals surface area contributed by atoms with Gasteiger partial charge in [0.2, 0.25) is 5.91 Å². The molecule has 2 rings (SSSR count). The summed E-state index contributed by atoms with van der Waals surface area (Å²) < 4.78 is 5.63. The Morgan fingerprint density at radius 1 is 1.12 bits per heavy atom. The van der Waals surface area contributed by atoms with Crippen molar-refractivity contribution in [1.29, 1.82) is 0 Å². The van der Waals surface area contributed by atoms with Crippen LogP contribution in [0.5, 0.6) is 5.75 Å². The maximum Gasteiger partial charge on any atom is 0.223 e. The first-order valence-corrected chi connectivity index (χ1v) is 8.47. The number of hydrogen-bond donors (Lipinski definition) is 1. The molecule has 0 atom stereocenters. The zero-order valence-corrected chi connectivity index (χ0v) is 15.2. The van der Waals surface area contributed by atoms with Gasteiger partial charge >= 0.3 is 0 Å². The van der Waals surface area contributed by atoms with Crippen LogP contribution in [0.2, 0.25) is 5.02 Å². The average Bonchev–Trinajstić information content (AvgIpc) is 2.53. The molecule has 0 saturated heterocycles. The van der Waals surface area contributed by atoms with Crippen molar-refractivity contribution in [1.82, 2.24) is 5.32 Å². The lowest BCUT2D eigenvalue weighted by Crippen LogP contribution is -2.24. The van der Waals surface area contributed by atoms with Crippen molar-refractivity contribution in [2.24, 2.45) is 0 Å². The van der Waals surface area contributed by atoms with Crippen molar-refractivity contribution in [3.63, 3.8) is 0 Å². The van der Waals surface area contributed by atoms with E-state index in [1.54, 1.807) is 0 Å². The summed E-state index contributed by atoms with van der Waals surface area (Å²) in [5.41, 5.74) is 2.36. The Morgan fingerprint density at radius 2 is 1.83 bits per heavy atom. The second-order valence-electron chi connectivity index (χ2n) is 6.78. The molecule has 0 saturated carbocycles. The van der Waals surface area contributed by atoms with Gasteiger partial charge in [0.15, 0.2) is 0 Å². The zero-order valence-electron chi connectivity index (χ0n) is 14.4. The monoisotopic (exact) mass is 345 g/mol. The molecule has 0 bridgehead atoms. The van der Waals surface area contributed by atoms with Gasteiger partial charge in [0.1, 0.15) is 5.75 Å². The number of rotatable bonds is 6. The summed E-state index contributed by atoms with van der Waals surface area (Å²) >= 11 is 5.92. The van der Waals surface area contributed by atoms with Crippen LogP contribution in [0, 0.1) is 0 Å². The SMILES string of the molecule is CC(C)(C)c1ccc(OCCC(=O)NCc2cccc(Cl)c2)cc1. The minimum absolute atomic E-state index is 0.0405. The van der Waals surface area contributed by atoms with Gasteiger partial charge in [0, 0.05) is 11.6 Å². The summed E-state index contributed by atoms with van der Waals surface area (Å²) in [6.45, 7) is 7.35. The lowest BCUT2D eigenvalue weighted by atomic mass is 9.87. The Morgan fingerprint density at radius 3 is 2.46 bits per heavy atom. The molecule has 0 heterocycles. The molecule has 0 aliphatic heterocycles. The fourth-order valence-corrected chi connectivity index (χ4v) is 2.46. The molecule has 3 nitrogen and oxygen atoms in total. The van der Waals surface area contributed by atoms with Gasteiger partial charge in [-0.3, -0.25) is 4.79 Å². The van der Waals surface area contributed by atoms with Gasteiger partial charge in [-0.25, -0.2) is 0 Å². The van der Waals surface area contributed by atoms with Gasteiger partial charge in [-0.2, -0.15) is 0 Å². The fourth-order valence-electron chi connectivity index (χ4n) is 2.25. The highest BCUT2D eigenvalue weighted by atomic mass is 35.5. The summed E-state index contributed by atoms with van der Waals surface area (Å²) in [5.74, 6) is 0.743. The molecule has 1 amide bonds. The van der Waals surface area contributed by atoms with Crippen molar-refractivity contribution in [2.75, 3.05) is 6.61 Å². The largest absolute Gasteiger partial charge is 0.493 e. The van der Waals surface area contributed by atoms with E-state index in [0.717, 1.165) is 11.3 Å². The molecule has 2 aromatic carbocycles. The first kappa shape index (κ1) is 18.3. The Bertz CT molecular complexity index is 675. The van der Waals surface area contributed by atoms with Gasteiger partial charge in [0.05, 0.1) is 13.0 Å². The maximum absolute atomic E-state index is 11.9. The number of carbonyl (C=O) groups excluding carboxylic acids is 1. The second kappa shape index (κ2) is 8.20. The maximum atomic E-state index is 11.9. The Labute approximate surface area is 149 Å². The van der Waals surface area contributed by atoms with Crippen LogP contribution in [0.25, 0.3) is 0 Å². The first-order chi connectivity index (χ1) is 11.3. The molecule has 0 unspecified atom stereocenters. The van der Waals surface area contributed by atoms with Crippen molar-refractivity contribution < 1.29 is 9.53 Å². The average molecular weight is 346 g/mol. The van der Waals surface area contributed by atoms with Crippen LogP contribution >= 0.6 is 11.6 Å². The number of amides is 1. The van der Waals surface area contributed by atoms with E-state index in [2.05, 4.69) is 38.2 Å². The van der Waals surface area contributed by atoms with Gasteiger partial charge in [-0.05, 0) is 40.8 Å². The molecule has 128 valence electrons. The number of ether oxygens (including phenoxy) is 1. The minimum atomic E-state index is -0.0405. The van der Waals surface area contributed by atoms with Crippen LogP contribution in [0.1, 0.15) is 38.3 Å². The van der Waals surface area contributed by atoms with E-state index in [-0.39, 0.29) is 11.3 Å². The number of nitrogens with one attached hydrogen (secondary N) is 1. The number of hydrogen-bond acceptors (Lipinski definition) is 2. The smallest absolute Gasteiger partial charge is 0.223 e. The molecule has 0 radical (unpaired) electrons. The molecule has 2 aromatic rings. The van der Waals surface area contributed by atoms with E-state index in [9.17, 15) is 4.79 Å². The van der Waals surface area contributed by atoms with Crippen LogP contribution in [0.4, 0.5) is 0 Å². The number of halogens is 1. The molecule has 0 spiro atoms. The first-order valence-electron chi connectivity index (χ1n) is 8.09. The van der Waals surface area contributed by atoms with Crippen molar-refractivity contribution in [2.45, 2.75) is 39.2 Å². The van der Waals surface area contributed by atoms with E-state index in [1.807, 2.05) is 36.4 Å². The third kappa shape index (κ3) is 5.89. The summed E-state index contributed by atoms with van der Waals surface area (Å²) in [6, 6.07) is 15.5. The quantitative estimate of drug-likeness (QED) is 0.822. The Hall–Kier alpha value is -2.00. The second-order valence-corrected chi connectivity index (χ2v) is 7.22. The molecule has 4 heteroatoms. The molecule has 0 aromatic heterocycles. The number of carbonyl (C=O) groups is 1. The summed E-state index contributed by atoms with van der Waals surface area (Å²) in [7, 11) is 0. The van der Waals surface area contributed by atoms with Gasteiger partial charge in [0.25, 0.3) is 0 Å². The van der Waals surface area contributed by atoms with Crippen LogP contribution in [0.3, 0.4) is 0 Å².